The molecule has 0 atom stereocenters. The van der Waals surface area contributed by atoms with Crippen LogP contribution in [0, 0.1) is 78.8 Å². The number of aromatic nitrogens is 4. The quantitative estimate of drug-likeness (QED) is 0.276. The normalized spacial score (nSPS) is 54.8. The number of imidazole rings is 2. The Balaban J connectivity index is 1.06. The zero-order chi connectivity index (χ0) is 32.9. The molecule has 51 heavy (non-hydrogen) atoms. The predicted molar refractivity (Wildman–Crippen MR) is 196 cm³/mol. The Kier molecular flexibility index (Phi) is 5.99. The molecule has 16 fully saturated rings. The minimum absolute atomic E-state index is 0.403. The van der Waals surface area contributed by atoms with Crippen LogP contribution in [0.4, 0.5) is 0 Å². The van der Waals surface area contributed by atoms with Crippen molar-refractivity contribution in [1.29, 1.82) is 0 Å². The van der Waals surface area contributed by atoms with Crippen molar-refractivity contribution < 1.29 is 17.1 Å². The van der Waals surface area contributed by atoms with E-state index in [0.717, 1.165) is 71.0 Å². The molecule has 0 radical (unpaired) electrons. The van der Waals surface area contributed by atoms with E-state index in [9.17, 15) is 0 Å². The Morgan fingerprint density at radius 1 is 0.294 bits per heavy atom. The fraction of sp³-hybridized carbons (Fsp3) is 0.870. The van der Waals surface area contributed by atoms with Crippen molar-refractivity contribution in [2.75, 3.05) is 0 Å². The van der Waals surface area contributed by atoms with Crippen molar-refractivity contribution in [3.8, 4) is 0 Å². The molecule has 0 unspecified atom stereocenters. The first-order valence-electron chi connectivity index (χ1n) is 22.7. The summed E-state index contributed by atoms with van der Waals surface area (Å²) >= 11 is 0.487. The number of nitrogens with zero attached hydrogens (tertiary/aromatic N) is 4. The van der Waals surface area contributed by atoms with Gasteiger partial charge in [0.2, 0.25) is 0 Å². The van der Waals surface area contributed by atoms with E-state index in [4.69, 9.17) is 0 Å². The third kappa shape index (κ3) is 4.19. The summed E-state index contributed by atoms with van der Waals surface area (Å²) in [6.45, 7) is 0. The van der Waals surface area contributed by atoms with E-state index in [2.05, 4.69) is 43.1 Å². The van der Waals surface area contributed by atoms with Crippen LogP contribution in [0.5, 0.6) is 0 Å². The average Bonchev–Trinajstić information content (AvgIpc) is 3.69. The molecule has 18 rings (SSSR count). The molecular formula is C46H64N4Pd. The minimum atomic E-state index is 0.403. The average molecular weight is 779 g/mol. The Labute approximate surface area is 313 Å². The maximum absolute atomic E-state index is 3.12. The van der Waals surface area contributed by atoms with E-state index in [1.165, 1.54) is 77.0 Å². The van der Waals surface area contributed by atoms with Gasteiger partial charge in [-0.15, -0.1) is 0 Å². The van der Waals surface area contributed by atoms with Gasteiger partial charge in [0.25, 0.3) is 0 Å². The maximum atomic E-state index is 3.12. The molecule has 2 aromatic heterocycles. The second kappa shape index (κ2) is 10.1. The Bertz CT molecular complexity index is 1550. The van der Waals surface area contributed by atoms with Crippen LogP contribution in [-0.4, -0.2) is 18.3 Å². The summed E-state index contributed by atoms with van der Waals surface area (Å²) in [6.07, 6.45) is 47.4. The summed E-state index contributed by atoms with van der Waals surface area (Å²) < 4.78 is 16.1. The third-order valence-corrected chi connectivity index (χ3v) is 21.9. The molecule has 16 bridgehead atoms. The molecule has 0 spiro atoms. The molecule has 16 aliphatic rings. The first-order valence-corrected chi connectivity index (χ1v) is 24.3. The van der Waals surface area contributed by atoms with Crippen LogP contribution in [0.15, 0.2) is 24.8 Å². The zero-order valence-corrected chi connectivity index (χ0v) is 32.9. The van der Waals surface area contributed by atoms with E-state index < -0.39 is 0 Å². The first-order chi connectivity index (χ1) is 24.9. The van der Waals surface area contributed by atoms with Gasteiger partial charge in [-0.05, 0) is 0 Å². The van der Waals surface area contributed by atoms with Gasteiger partial charge in [0.1, 0.15) is 0 Å². The standard InChI is InChI=1S/2C23H32N2.Pd/c2*1-2-25(23-12-19-6-20(13-23)8-21(7-19)14-23)15-24(1)22-9-16-3-17(10-22)5-18(4-16)11-22;/h2*1-2,16-21H,3-14H2;. The molecule has 0 aliphatic heterocycles. The molecule has 0 saturated heterocycles. The monoisotopic (exact) mass is 778 g/mol. The van der Waals surface area contributed by atoms with Gasteiger partial charge >= 0.3 is 315 Å². The Morgan fingerprint density at radius 3 is 0.608 bits per heavy atom. The van der Waals surface area contributed by atoms with Crippen molar-refractivity contribution in [3.63, 3.8) is 0 Å². The molecule has 4 nitrogen and oxygen atoms in total. The first kappa shape index (κ1) is 30.3. The summed E-state index contributed by atoms with van der Waals surface area (Å²) in [6, 6.07) is 0. The van der Waals surface area contributed by atoms with Crippen LogP contribution in [0.1, 0.15) is 154 Å². The van der Waals surface area contributed by atoms with Crippen molar-refractivity contribution in [2.24, 2.45) is 71.0 Å². The van der Waals surface area contributed by atoms with E-state index in [0.29, 0.717) is 39.2 Å². The van der Waals surface area contributed by atoms with Gasteiger partial charge in [-0.25, -0.2) is 0 Å². The van der Waals surface area contributed by atoms with Crippen LogP contribution in [-0.2, 0) is 39.2 Å². The molecule has 0 aromatic carbocycles. The van der Waals surface area contributed by atoms with E-state index >= 15 is 0 Å². The van der Waals surface area contributed by atoms with E-state index in [1.54, 1.807) is 77.0 Å². The van der Waals surface area contributed by atoms with Gasteiger partial charge < -0.3 is 0 Å². The molecule has 16 saturated carbocycles. The van der Waals surface area contributed by atoms with Gasteiger partial charge in [0, 0.05) is 0 Å². The van der Waals surface area contributed by atoms with Crippen molar-refractivity contribution in [2.45, 2.75) is 176 Å². The van der Waals surface area contributed by atoms with Crippen molar-refractivity contribution in [1.82, 2.24) is 18.3 Å². The second-order valence-electron chi connectivity index (χ2n) is 23.2. The number of hydrogen-bond donors (Lipinski definition) is 0. The van der Waals surface area contributed by atoms with Crippen LogP contribution in [0.3, 0.4) is 0 Å². The summed E-state index contributed by atoms with van der Waals surface area (Å²) in [4.78, 5) is 0. The number of rotatable bonds is 4. The third-order valence-electron chi connectivity index (χ3n) is 19.7. The summed E-state index contributed by atoms with van der Waals surface area (Å²) in [5, 5.41) is 0. The van der Waals surface area contributed by atoms with Crippen LogP contribution in [0.2, 0.25) is 0 Å². The van der Waals surface area contributed by atoms with Gasteiger partial charge in [-0.3, -0.25) is 0 Å². The fourth-order valence-corrected chi connectivity index (χ4v) is 22.7. The second-order valence-corrected chi connectivity index (χ2v) is 25.0. The van der Waals surface area contributed by atoms with Gasteiger partial charge in [-0.2, -0.15) is 0 Å². The van der Waals surface area contributed by atoms with Gasteiger partial charge in [0.05, 0.1) is 0 Å². The molecule has 0 amide bonds. The Morgan fingerprint density at radius 2 is 0.451 bits per heavy atom. The summed E-state index contributed by atoms with van der Waals surface area (Å²) in [7, 11) is 0. The zero-order valence-electron chi connectivity index (χ0n) is 31.3. The molecule has 5 heteroatoms. The fourth-order valence-electron chi connectivity index (χ4n) is 19.7. The predicted octanol–water partition coefficient (Wildman–Crippen LogP) is 10.4. The molecule has 0 N–H and O–H groups in total. The van der Waals surface area contributed by atoms with Crippen LogP contribution < -0.4 is 0 Å². The van der Waals surface area contributed by atoms with E-state index in [-0.39, 0.29) is 0 Å². The van der Waals surface area contributed by atoms with Crippen LogP contribution in [0.25, 0.3) is 0 Å². The summed E-state index contributed by atoms with van der Waals surface area (Å²) in [5.74, 6) is 12.0. The van der Waals surface area contributed by atoms with Crippen LogP contribution >= 0.6 is 0 Å². The summed E-state index contributed by atoms with van der Waals surface area (Å²) in [5.41, 5.74) is 1.61. The topological polar surface area (TPSA) is 19.7 Å². The SMILES string of the molecule is c1cn(C23CC4CC(CC(C4)C2)C3)[c](=[Pd]=[c]2n(C34CC5CC(CC(C5)C3)C4)ccn2C23CC4CC(CC(C4)C2)C3)n1C12CC3CC(CC(C3)C1)C2. The van der Waals surface area contributed by atoms with E-state index in [1.807, 2.05) is 7.78 Å². The van der Waals surface area contributed by atoms with Gasteiger partial charge in [0.15, 0.2) is 0 Å². The van der Waals surface area contributed by atoms with Gasteiger partial charge in [-0.1, -0.05) is 0 Å². The molecule has 2 heterocycles. The Hall–Kier alpha value is -0.918. The van der Waals surface area contributed by atoms with Crippen molar-refractivity contribution >= 4 is 0 Å². The molecule has 16 aliphatic carbocycles. The molecule has 278 valence electrons. The molecule has 2 aromatic rings. The van der Waals surface area contributed by atoms with Crippen molar-refractivity contribution in [3.05, 3.63) is 32.6 Å². The molecular weight excluding hydrogens is 715 g/mol. The number of hydrogen-bond acceptors (Lipinski definition) is 0.